The van der Waals surface area contributed by atoms with Crippen molar-refractivity contribution in [3.63, 3.8) is 0 Å². The maximum Gasteiger partial charge on any atom is 0.159 e. The molecular formula is C37H55NO4S. The second-order valence-corrected chi connectivity index (χ2v) is 15.7. The molecule has 0 saturated heterocycles. The fourth-order valence-corrected chi connectivity index (χ4v) is 8.46. The quantitative estimate of drug-likeness (QED) is 0.199. The maximum absolute atomic E-state index is 11.3. The molecule has 6 heteroatoms. The Kier molecular flexibility index (Phi) is 10.7. The number of aliphatic imine (C=N–C) groups is 1. The van der Waals surface area contributed by atoms with E-state index < -0.39 is 11.1 Å². The van der Waals surface area contributed by atoms with Gasteiger partial charge in [0.2, 0.25) is 0 Å². The van der Waals surface area contributed by atoms with E-state index in [-0.39, 0.29) is 34.4 Å². The zero-order chi connectivity index (χ0) is 30.6. The summed E-state index contributed by atoms with van der Waals surface area (Å²) in [7, 11) is 0. The summed E-state index contributed by atoms with van der Waals surface area (Å²) < 4.78 is 33.7. The third-order valence-electron chi connectivity index (χ3n) is 11.7. The third-order valence-corrected chi connectivity index (χ3v) is 12.6. The fraction of sp³-hybridized carbons (Fsp3) is 0.703. The normalized spacial score (nSPS) is 36.9. The van der Waals surface area contributed by atoms with Gasteiger partial charge in [0.25, 0.3) is 0 Å². The van der Waals surface area contributed by atoms with E-state index in [1.807, 2.05) is 12.2 Å². The summed E-state index contributed by atoms with van der Waals surface area (Å²) in [4.78, 5) is 5.04. The van der Waals surface area contributed by atoms with Gasteiger partial charge in [0.1, 0.15) is 11.9 Å². The average Bonchev–Trinajstić information content (AvgIpc) is 3.02. The summed E-state index contributed by atoms with van der Waals surface area (Å²) in [5.74, 6) is 3.76. The van der Waals surface area contributed by atoms with Gasteiger partial charge in [0.15, 0.2) is 11.1 Å². The summed E-state index contributed by atoms with van der Waals surface area (Å²) in [6, 6.07) is 0. The minimum absolute atomic E-state index is 0.0310. The van der Waals surface area contributed by atoms with Crippen LogP contribution in [0.1, 0.15) is 98.8 Å². The van der Waals surface area contributed by atoms with Gasteiger partial charge >= 0.3 is 0 Å². The van der Waals surface area contributed by atoms with Crippen molar-refractivity contribution < 1.29 is 18.2 Å². The highest BCUT2D eigenvalue weighted by Crippen LogP contribution is 2.50. The Labute approximate surface area is 263 Å². The van der Waals surface area contributed by atoms with Gasteiger partial charge in [-0.1, -0.05) is 70.9 Å². The van der Waals surface area contributed by atoms with Crippen LogP contribution in [0.3, 0.4) is 0 Å². The van der Waals surface area contributed by atoms with E-state index in [4.69, 9.17) is 14.5 Å². The molecule has 8 atom stereocenters. The fourth-order valence-electron chi connectivity index (χ4n) is 7.89. The van der Waals surface area contributed by atoms with Crippen molar-refractivity contribution in [1.29, 1.82) is 0 Å². The van der Waals surface area contributed by atoms with Crippen molar-refractivity contribution in [1.82, 2.24) is 0 Å². The molecule has 0 bridgehead atoms. The Balaban J connectivity index is 1.09. The molecule has 1 saturated carbocycles. The van der Waals surface area contributed by atoms with Gasteiger partial charge in [-0.25, -0.2) is 4.21 Å². The maximum atomic E-state index is 11.3. The molecule has 0 aromatic carbocycles. The molecule has 0 radical (unpaired) electrons. The van der Waals surface area contributed by atoms with E-state index >= 15 is 0 Å². The Morgan fingerprint density at radius 3 is 2.19 bits per heavy atom. The van der Waals surface area contributed by atoms with Gasteiger partial charge in [-0.05, 0) is 106 Å². The Hall–Kier alpha value is -1.76. The van der Waals surface area contributed by atoms with Gasteiger partial charge in [-0.15, -0.1) is 0 Å². The molecule has 5 rings (SSSR count). The van der Waals surface area contributed by atoms with Gasteiger partial charge in [0.05, 0.1) is 17.0 Å². The van der Waals surface area contributed by atoms with Crippen molar-refractivity contribution in [2.24, 2.45) is 40.0 Å². The number of hydrogen-bond donors (Lipinski definition) is 1. The van der Waals surface area contributed by atoms with E-state index in [1.54, 1.807) is 0 Å². The van der Waals surface area contributed by atoms with Crippen LogP contribution in [-0.4, -0.2) is 44.1 Å². The lowest BCUT2D eigenvalue weighted by Gasteiger charge is -2.51. The molecule has 1 N–H and O–H groups in total. The highest BCUT2D eigenvalue weighted by atomic mass is 32.2. The van der Waals surface area contributed by atoms with Crippen molar-refractivity contribution in [3.8, 4) is 0 Å². The molecule has 1 fully saturated rings. The minimum atomic E-state index is -1.80. The molecule has 0 amide bonds. The van der Waals surface area contributed by atoms with Crippen LogP contribution in [0.2, 0.25) is 0 Å². The minimum Gasteiger partial charge on any atom is -0.487 e. The molecule has 1 aliphatic heterocycles. The van der Waals surface area contributed by atoms with Crippen LogP contribution in [0.25, 0.3) is 0 Å². The number of nitrogens with zero attached hydrogens (tertiary/aromatic N) is 1. The zero-order valence-electron chi connectivity index (χ0n) is 27.1. The highest BCUT2D eigenvalue weighted by Gasteiger charge is 2.47. The van der Waals surface area contributed by atoms with Gasteiger partial charge in [0, 0.05) is 24.1 Å². The van der Waals surface area contributed by atoms with E-state index in [2.05, 4.69) is 77.2 Å². The lowest BCUT2D eigenvalue weighted by atomic mass is 9.60. The standard InChI is InChI=1S/C37H55NO4S/c1-6-37(5,36(3,4)30-14-7-26(2)8-15-30)42-33-18-9-27(10-19-33)29-13-24-35(38-25-29)28-11-16-31(17-12-28)41-32-20-22-34(23-21-32)43(39)40/h9,11,13,16-18,20,22,24,26-30,32-34H,6-8,10,12,14-15,19,21,23,25H2,1-5H3,(H,39,40)/t26?,27?,28?,29?,30?,32?,33?,34-,37?/m1/s1. The van der Waals surface area contributed by atoms with Crippen LogP contribution in [0.5, 0.6) is 0 Å². The van der Waals surface area contributed by atoms with Crippen molar-refractivity contribution in [2.75, 3.05) is 6.54 Å². The molecule has 238 valence electrons. The highest BCUT2D eigenvalue weighted by molar-refractivity contribution is 7.80. The molecular weight excluding hydrogens is 554 g/mol. The van der Waals surface area contributed by atoms with E-state index in [1.165, 1.54) is 25.7 Å². The predicted molar refractivity (Wildman–Crippen MR) is 178 cm³/mol. The van der Waals surface area contributed by atoms with Crippen molar-refractivity contribution in [3.05, 3.63) is 60.4 Å². The first-order valence-electron chi connectivity index (χ1n) is 17.0. The molecule has 5 aliphatic rings. The van der Waals surface area contributed by atoms with Gasteiger partial charge < -0.3 is 14.0 Å². The molecule has 7 unspecified atom stereocenters. The first-order valence-corrected chi connectivity index (χ1v) is 18.2. The number of dihydropyridines is 1. The van der Waals surface area contributed by atoms with Crippen molar-refractivity contribution in [2.45, 2.75) is 122 Å². The molecule has 0 aromatic rings. The van der Waals surface area contributed by atoms with Crippen molar-refractivity contribution >= 4 is 16.8 Å². The lowest BCUT2D eigenvalue weighted by molar-refractivity contribution is -0.163. The van der Waals surface area contributed by atoms with Gasteiger partial charge in [-0.3, -0.25) is 4.99 Å². The predicted octanol–water partition coefficient (Wildman–Crippen LogP) is 8.77. The van der Waals surface area contributed by atoms with E-state index in [0.717, 1.165) is 62.0 Å². The average molecular weight is 610 g/mol. The molecule has 5 nitrogen and oxygen atoms in total. The van der Waals surface area contributed by atoms with Gasteiger partial charge in [-0.2, -0.15) is 0 Å². The first-order chi connectivity index (χ1) is 20.6. The molecule has 43 heavy (non-hydrogen) atoms. The second kappa shape index (κ2) is 14.1. The number of hydrogen-bond acceptors (Lipinski definition) is 4. The number of rotatable bonds is 10. The zero-order valence-corrected chi connectivity index (χ0v) is 27.9. The molecule has 0 aromatic heterocycles. The monoisotopic (exact) mass is 609 g/mol. The Morgan fingerprint density at radius 1 is 0.884 bits per heavy atom. The molecule has 1 heterocycles. The smallest absolute Gasteiger partial charge is 0.159 e. The Morgan fingerprint density at radius 2 is 1.63 bits per heavy atom. The van der Waals surface area contributed by atoms with Crippen LogP contribution in [0.15, 0.2) is 65.4 Å². The third kappa shape index (κ3) is 7.73. The van der Waals surface area contributed by atoms with Crippen LogP contribution >= 0.6 is 0 Å². The SMILES string of the molecule is CCC(C)(OC1C=CC(C2C=CC(C3C=CC(OC4C=C[C@@H](S(=O)O)CC4)=CC3)=NC2)CC1)C(C)(C)C1CCC(C)CC1. The van der Waals surface area contributed by atoms with Crippen LogP contribution in [-0.2, 0) is 20.6 Å². The summed E-state index contributed by atoms with van der Waals surface area (Å²) in [6.45, 7) is 12.9. The van der Waals surface area contributed by atoms with Crippen LogP contribution in [0, 0.1) is 35.0 Å². The number of allylic oxidation sites excluding steroid dienone is 5. The summed E-state index contributed by atoms with van der Waals surface area (Å²) in [6.07, 6.45) is 30.7. The molecule has 4 aliphatic carbocycles. The summed E-state index contributed by atoms with van der Waals surface area (Å²) >= 11 is -1.80. The molecule has 0 spiro atoms. The largest absolute Gasteiger partial charge is 0.487 e. The lowest BCUT2D eigenvalue weighted by Crippen LogP contribution is -2.51. The van der Waals surface area contributed by atoms with E-state index in [9.17, 15) is 8.76 Å². The second-order valence-electron chi connectivity index (χ2n) is 14.6. The van der Waals surface area contributed by atoms with Crippen LogP contribution < -0.4 is 0 Å². The number of ether oxygens (including phenoxy) is 2. The van der Waals surface area contributed by atoms with E-state index in [0.29, 0.717) is 18.3 Å². The Bertz CT molecular complexity index is 1170. The summed E-state index contributed by atoms with van der Waals surface area (Å²) in [5.41, 5.74) is 1.21. The van der Waals surface area contributed by atoms with Crippen LogP contribution in [0.4, 0.5) is 0 Å². The summed E-state index contributed by atoms with van der Waals surface area (Å²) in [5, 5.41) is -0.275. The topological polar surface area (TPSA) is 68.1 Å². The first kappa shape index (κ1) is 32.6.